The molecule has 4 rings (SSSR count). The number of para-hydroxylation sites is 1. The number of aromatic nitrogens is 2. The fraction of sp³-hybridized carbons (Fsp3) is 0.292. The first-order chi connectivity index (χ1) is 14.4. The number of carbonyl (C=O) groups is 2. The number of hydrogen-bond acceptors (Lipinski definition) is 4. The third kappa shape index (κ3) is 3.99. The highest BCUT2D eigenvalue weighted by Crippen LogP contribution is 2.43. The maximum absolute atomic E-state index is 13.0. The third-order valence-corrected chi connectivity index (χ3v) is 5.41. The minimum atomic E-state index is -0.303. The Bertz CT molecular complexity index is 1080. The van der Waals surface area contributed by atoms with Crippen molar-refractivity contribution in [3.05, 3.63) is 66.1 Å². The van der Waals surface area contributed by atoms with Crippen molar-refractivity contribution in [2.45, 2.75) is 33.2 Å². The largest absolute Gasteiger partial charge is 0.464 e. The van der Waals surface area contributed by atoms with Crippen LogP contribution in [0.15, 0.2) is 54.9 Å². The standard InChI is InChI=1S/C24H25N3O3/c1-24(2)13-18-21(19(28)14-24)23(25-17-7-5-4-6-8-17)22(26-18)16-9-11-27(12-10-16)15-20(29)30-3/h4-12H,13-15H2,1-3H3,(H,25,26,28)/p+1. The van der Waals surface area contributed by atoms with Crippen molar-refractivity contribution in [2.24, 2.45) is 5.41 Å². The summed E-state index contributed by atoms with van der Waals surface area (Å²) in [6.07, 6.45) is 5.01. The van der Waals surface area contributed by atoms with Gasteiger partial charge in [0.25, 0.3) is 0 Å². The van der Waals surface area contributed by atoms with Gasteiger partial charge in [-0.1, -0.05) is 32.0 Å². The molecule has 1 aliphatic rings. The predicted octanol–water partition coefficient (Wildman–Crippen LogP) is 4.04. The molecule has 1 aliphatic carbocycles. The van der Waals surface area contributed by atoms with Gasteiger partial charge in [-0.2, -0.15) is 4.57 Å². The van der Waals surface area contributed by atoms with E-state index in [9.17, 15) is 9.59 Å². The maximum atomic E-state index is 13.0. The van der Waals surface area contributed by atoms with E-state index in [0.717, 1.165) is 40.3 Å². The molecule has 0 amide bonds. The van der Waals surface area contributed by atoms with Gasteiger partial charge in [-0.3, -0.25) is 4.79 Å². The van der Waals surface area contributed by atoms with Crippen LogP contribution in [-0.4, -0.2) is 23.8 Å². The summed E-state index contributed by atoms with van der Waals surface area (Å²) in [4.78, 5) is 28.1. The zero-order chi connectivity index (χ0) is 21.3. The minimum absolute atomic E-state index is 0.0730. The van der Waals surface area contributed by atoms with Gasteiger partial charge in [0.1, 0.15) is 0 Å². The van der Waals surface area contributed by atoms with Gasteiger partial charge in [0.2, 0.25) is 6.54 Å². The molecule has 3 aromatic rings. The van der Waals surface area contributed by atoms with Crippen LogP contribution in [0, 0.1) is 5.41 Å². The molecule has 0 saturated heterocycles. The summed E-state index contributed by atoms with van der Waals surface area (Å²) >= 11 is 0. The molecule has 0 fully saturated rings. The molecule has 0 saturated carbocycles. The SMILES string of the molecule is COC(=O)C[n+]1ccc(-c2[nH]c3c(c2Nc2ccccc2)C(=O)CC(C)(C)C3)cc1. The van der Waals surface area contributed by atoms with Crippen LogP contribution >= 0.6 is 0 Å². The Balaban J connectivity index is 1.77. The van der Waals surface area contributed by atoms with Crippen molar-refractivity contribution < 1.29 is 18.9 Å². The van der Waals surface area contributed by atoms with E-state index in [1.54, 1.807) is 4.57 Å². The molecular weight excluding hydrogens is 378 g/mol. The zero-order valence-corrected chi connectivity index (χ0v) is 17.5. The van der Waals surface area contributed by atoms with Crippen molar-refractivity contribution in [3.8, 4) is 11.3 Å². The number of anilines is 2. The molecule has 0 radical (unpaired) electrons. The molecule has 6 nitrogen and oxygen atoms in total. The smallest absolute Gasteiger partial charge is 0.372 e. The number of carbonyl (C=O) groups excluding carboxylic acids is 2. The number of nitrogens with one attached hydrogen (secondary N) is 2. The Kier molecular flexibility index (Phi) is 5.16. The molecule has 0 atom stereocenters. The molecule has 30 heavy (non-hydrogen) atoms. The number of aromatic amines is 1. The van der Waals surface area contributed by atoms with E-state index in [1.807, 2.05) is 54.9 Å². The van der Waals surface area contributed by atoms with E-state index in [-0.39, 0.29) is 23.7 Å². The molecule has 0 spiro atoms. The van der Waals surface area contributed by atoms with E-state index in [1.165, 1.54) is 7.11 Å². The molecule has 0 unspecified atom stereocenters. The van der Waals surface area contributed by atoms with Crippen molar-refractivity contribution in [1.82, 2.24) is 4.98 Å². The van der Waals surface area contributed by atoms with Crippen molar-refractivity contribution in [2.75, 3.05) is 12.4 Å². The van der Waals surface area contributed by atoms with E-state index < -0.39 is 0 Å². The molecule has 0 bridgehead atoms. The Morgan fingerprint density at radius 2 is 1.83 bits per heavy atom. The fourth-order valence-electron chi connectivity index (χ4n) is 4.01. The molecule has 0 aliphatic heterocycles. The zero-order valence-electron chi connectivity index (χ0n) is 17.5. The topological polar surface area (TPSA) is 75.1 Å². The van der Waals surface area contributed by atoms with E-state index >= 15 is 0 Å². The number of nitrogens with zero attached hydrogens (tertiary/aromatic N) is 1. The quantitative estimate of drug-likeness (QED) is 0.497. The van der Waals surface area contributed by atoms with Crippen molar-refractivity contribution >= 4 is 23.1 Å². The van der Waals surface area contributed by atoms with Gasteiger partial charge in [-0.15, -0.1) is 0 Å². The number of hydrogen-bond donors (Lipinski definition) is 2. The number of fused-ring (bicyclic) bond motifs is 1. The van der Waals surface area contributed by atoms with Crippen LogP contribution < -0.4 is 9.88 Å². The number of methoxy groups -OCH3 is 1. The summed E-state index contributed by atoms with van der Waals surface area (Å²) in [5.41, 5.74) is 5.19. The normalized spacial score (nSPS) is 14.8. The van der Waals surface area contributed by atoms with Gasteiger partial charge in [0.15, 0.2) is 18.2 Å². The highest BCUT2D eigenvalue weighted by atomic mass is 16.5. The molecule has 6 heteroatoms. The summed E-state index contributed by atoms with van der Waals surface area (Å²) in [5.74, 6) is -0.152. The minimum Gasteiger partial charge on any atom is -0.464 e. The van der Waals surface area contributed by atoms with E-state index in [4.69, 9.17) is 4.74 Å². The number of benzene rings is 1. The Morgan fingerprint density at radius 3 is 2.50 bits per heavy atom. The first-order valence-electron chi connectivity index (χ1n) is 10.0. The number of pyridine rings is 1. The van der Waals surface area contributed by atoms with Crippen LogP contribution in [0.2, 0.25) is 0 Å². The molecule has 1 aromatic carbocycles. The second-order valence-corrected chi connectivity index (χ2v) is 8.50. The molecule has 2 heterocycles. The molecule has 2 aromatic heterocycles. The Labute approximate surface area is 175 Å². The highest BCUT2D eigenvalue weighted by molar-refractivity contribution is 6.07. The van der Waals surface area contributed by atoms with Gasteiger partial charge in [0, 0.05) is 35.5 Å². The van der Waals surface area contributed by atoms with E-state index in [0.29, 0.717) is 6.42 Å². The summed E-state index contributed by atoms with van der Waals surface area (Å²) in [6, 6.07) is 13.7. The molecular formula is C24H26N3O3+. The monoisotopic (exact) mass is 404 g/mol. The number of rotatable bonds is 5. The Hall–Kier alpha value is -3.41. The number of H-pyrrole nitrogens is 1. The van der Waals surface area contributed by atoms with Crippen LogP contribution in [0.4, 0.5) is 11.4 Å². The van der Waals surface area contributed by atoms with Gasteiger partial charge in [-0.25, -0.2) is 4.79 Å². The predicted molar refractivity (Wildman–Crippen MR) is 115 cm³/mol. The lowest BCUT2D eigenvalue weighted by atomic mass is 9.76. The van der Waals surface area contributed by atoms with Gasteiger partial charge in [-0.05, 0) is 24.0 Å². The molecule has 2 N–H and O–H groups in total. The maximum Gasteiger partial charge on any atom is 0.372 e. The van der Waals surface area contributed by atoms with Crippen molar-refractivity contribution in [1.29, 1.82) is 0 Å². The van der Waals surface area contributed by atoms with Crippen LogP contribution in [-0.2, 0) is 22.5 Å². The fourth-order valence-corrected chi connectivity index (χ4v) is 4.01. The third-order valence-electron chi connectivity index (χ3n) is 5.41. The summed E-state index contributed by atoms with van der Waals surface area (Å²) in [6.45, 7) is 4.40. The lowest BCUT2D eigenvalue weighted by Gasteiger charge is -2.28. The van der Waals surface area contributed by atoms with Gasteiger partial charge < -0.3 is 15.0 Å². The van der Waals surface area contributed by atoms with Crippen LogP contribution in [0.1, 0.15) is 36.3 Å². The average molecular weight is 404 g/mol. The van der Waals surface area contributed by atoms with E-state index in [2.05, 4.69) is 24.1 Å². The van der Waals surface area contributed by atoms with Crippen molar-refractivity contribution in [3.63, 3.8) is 0 Å². The highest BCUT2D eigenvalue weighted by Gasteiger charge is 2.35. The average Bonchev–Trinajstić information content (AvgIpc) is 3.06. The Morgan fingerprint density at radius 1 is 1.13 bits per heavy atom. The summed E-state index contributed by atoms with van der Waals surface area (Å²) < 4.78 is 6.49. The lowest BCUT2D eigenvalue weighted by Crippen LogP contribution is -2.37. The first kappa shape index (κ1) is 19.9. The summed E-state index contributed by atoms with van der Waals surface area (Å²) in [5, 5.41) is 3.46. The number of esters is 1. The second-order valence-electron chi connectivity index (χ2n) is 8.50. The lowest BCUT2D eigenvalue weighted by molar-refractivity contribution is -0.685. The second kappa shape index (κ2) is 7.78. The van der Waals surface area contributed by atoms with Crippen LogP contribution in [0.5, 0.6) is 0 Å². The summed E-state index contributed by atoms with van der Waals surface area (Å²) in [7, 11) is 1.38. The number of Topliss-reactive ketones (excluding diaryl/α,β-unsaturated/α-hetero) is 1. The van der Waals surface area contributed by atoms with Gasteiger partial charge in [0.05, 0.1) is 24.1 Å². The number of ether oxygens (including phenoxy) is 1. The molecule has 154 valence electrons. The van der Waals surface area contributed by atoms with Gasteiger partial charge >= 0.3 is 5.97 Å². The van der Waals surface area contributed by atoms with Crippen LogP contribution in [0.25, 0.3) is 11.3 Å². The number of ketones is 1. The first-order valence-corrected chi connectivity index (χ1v) is 10.0. The van der Waals surface area contributed by atoms with Crippen LogP contribution in [0.3, 0.4) is 0 Å².